The summed E-state index contributed by atoms with van der Waals surface area (Å²) in [4.78, 5) is 25.5. The smallest absolute Gasteiger partial charge is 0.239 e. The van der Waals surface area contributed by atoms with Crippen molar-refractivity contribution >= 4 is 17.7 Å². The summed E-state index contributed by atoms with van der Waals surface area (Å²) in [6.45, 7) is 14.2. The van der Waals surface area contributed by atoms with Gasteiger partial charge >= 0.3 is 0 Å². The highest BCUT2D eigenvalue weighted by molar-refractivity contribution is 5.86. The van der Waals surface area contributed by atoms with E-state index in [4.69, 9.17) is 0 Å². The zero-order valence-electron chi connectivity index (χ0n) is 17.9. The van der Waals surface area contributed by atoms with Gasteiger partial charge in [0.15, 0.2) is 5.96 Å². The third kappa shape index (κ3) is 7.34. The Morgan fingerprint density at radius 2 is 1.89 bits per heavy atom. The molecule has 1 aromatic heterocycles. The van der Waals surface area contributed by atoms with Gasteiger partial charge in [0.1, 0.15) is 5.82 Å². The maximum Gasteiger partial charge on any atom is 0.239 e. The lowest BCUT2D eigenvalue weighted by Crippen LogP contribution is -2.48. The van der Waals surface area contributed by atoms with Gasteiger partial charge in [-0.3, -0.25) is 9.79 Å². The van der Waals surface area contributed by atoms with Crippen LogP contribution < -0.4 is 20.9 Å². The van der Waals surface area contributed by atoms with Crippen molar-refractivity contribution in [2.24, 2.45) is 4.99 Å². The van der Waals surface area contributed by atoms with Gasteiger partial charge in [0, 0.05) is 51.5 Å². The van der Waals surface area contributed by atoms with Crippen LogP contribution >= 0.6 is 0 Å². The van der Waals surface area contributed by atoms with Crippen molar-refractivity contribution in [3.05, 3.63) is 23.9 Å². The second-order valence-electron chi connectivity index (χ2n) is 8.02. The molecule has 1 aromatic rings. The second kappa shape index (κ2) is 10.3. The second-order valence-corrected chi connectivity index (χ2v) is 8.02. The predicted octanol–water partition coefficient (Wildman–Crippen LogP) is 0.803. The normalized spacial score (nSPS) is 16.0. The van der Waals surface area contributed by atoms with Crippen molar-refractivity contribution in [1.82, 2.24) is 25.8 Å². The van der Waals surface area contributed by atoms with Crippen LogP contribution in [0, 0.1) is 0 Å². The molecule has 0 saturated carbocycles. The summed E-state index contributed by atoms with van der Waals surface area (Å²) >= 11 is 0. The Morgan fingerprint density at radius 3 is 2.43 bits per heavy atom. The van der Waals surface area contributed by atoms with Crippen LogP contribution in [0.4, 0.5) is 5.82 Å². The van der Waals surface area contributed by atoms with Crippen LogP contribution in [-0.4, -0.2) is 73.6 Å². The minimum atomic E-state index is -0.244. The molecular weight excluding hydrogens is 354 g/mol. The molecule has 1 aliphatic heterocycles. The average molecular weight is 390 g/mol. The molecule has 1 fully saturated rings. The molecule has 2 rings (SSSR count). The zero-order chi connectivity index (χ0) is 20.6. The van der Waals surface area contributed by atoms with Crippen molar-refractivity contribution in [2.45, 2.75) is 39.8 Å². The molecule has 0 unspecified atom stereocenters. The minimum absolute atomic E-state index is 0.0651. The van der Waals surface area contributed by atoms with Crippen molar-refractivity contribution < 1.29 is 4.79 Å². The number of likely N-dealkylation sites (N-methyl/N-ethyl adjacent to an activating group) is 1. The van der Waals surface area contributed by atoms with Crippen molar-refractivity contribution in [1.29, 1.82) is 0 Å². The Morgan fingerprint density at radius 1 is 1.18 bits per heavy atom. The van der Waals surface area contributed by atoms with Gasteiger partial charge in [0.2, 0.25) is 5.91 Å². The fourth-order valence-corrected chi connectivity index (χ4v) is 3.03. The number of guanidine groups is 1. The lowest BCUT2D eigenvalue weighted by molar-refractivity contribution is -0.121. The largest absolute Gasteiger partial charge is 0.354 e. The maximum atomic E-state index is 11.9. The number of pyridine rings is 1. The predicted molar refractivity (Wildman–Crippen MR) is 115 cm³/mol. The Hall–Kier alpha value is -2.35. The molecule has 3 N–H and O–H groups in total. The number of hydrogen-bond acceptors (Lipinski definition) is 5. The van der Waals surface area contributed by atoms with E-state index in [0.29, 0.717) is 12.5 Å². The van der Waals surface area contributed by atoms with Gasteiger partial charge in [0.05, 0.1) is 6.54 Å². The third-order valence-electron chi connectivity index (χ3n) is 4.57. The summed E-state index contributed by atoms with van der Waals surface area (Å²) in [5.74, 6) is 1.55. The molecule has 8 nitrogen and oxygen atoms in total. The van der Waals surface area contributed by atoms with Gasteiger partial charge in [-0.1, -0.05) is 13.0 Å². The van der Waals surface area contributed by atoms with Crippen LogP contribution in [0.5, 0.6) is 0 Å². The van der Waals surface area contributed by atoms with Crippen molar-refractivity contribution in [2.75, 3.05) is 51.2 Å². The molecule has 0 aromatic carbocycles. The van der Waals surface area contributed by atoms with Crippen molar-refractivity contribution in [3.63, 3.8) is 0 Å². The molecule has 1 saturated heterocycles. The summed E-state index contributed by atoms with van der Waals surface area (Å²) in [6.07, 6.45) is 1.90. The number of nitrogens with zero attached hydrogens (tertiary/aromatic N) is 4. The van der Waals surface area contributed by atoms with E-state index < -0.39 is 0 Å². The number of aliphatic imine (C=N–C) groups is 1. The fraction of sp³-hybridized carbons (Fsp3) is 0.650. The summed E-state index contributed by atoms with van der Waals surface area (Å²) in [5, 5.41) is 9.16. The van der Waals surface area contributed by atoms with E-state index in [1.54, 1.807) is 7.05 Å². The monoisotopic (exact) mass is 389 g/mol. The number of carbonyl (C=O) groups is 1. The first-order chi connectivity index (χ1) is 13.3. The lowest BCUT2D eigenvalue weighted by atomic mass is 10.1. The van der Waals surface area contributed by atoms with Crippen LogP contribution in [-0.2, 0) is 11.3 Å². The molecule has 2 heterocycles. The fourth-order valence-electron chi connectivity index (χ4n) is 3.03. The Kier molecular flexibility index (Phi) is 8.04. The summed E-state index contributed by atoms with van der Waals surface area (Å²) in [7, 11) is 1.69. The number of nitrogens with one attached hydrogen (secondary N) is 3. The molecule has 0 bridgehead atoms. The lowest BCUT2D eigenvalue weighted by Gasteiger charge is -2.34. The number of carbonyl (C=O) groups excluding carboxylic acids is 1. The molecule has 0 atom stereocenters. The van der Waals surface area contributed by atoms with Gasteiger partial charge in [0.25, 0.3) is 0 Å². The number of piperazine rings is 1. The SMILES string of the molecule is CCN1CCN(c2ccc(CNC(=NC)NCC(=O)NC(C)(C)C)cn2)CC1. The van der Waals surface area contributed by atoms with Gasteiger partial charge in [-0.05, 0) is 38.9 Å². The molecule has 0 radical (unpaired) electrons. The highest BCUT2D eigenvalue weighted by Gasteiger charge is 2.16. The molecule has 156 valence electrons. The standard InChI is InChI=1S/C20H35N7O/c1-6-26-9-11-27(12-10-26)17-8-7-16(13-22-17)14-23-19(21-5)24-15-18(28)25-20(2,3)4/h7-8,13H,6,9-12,14-15H2,1-5H3,(H,25,28)(H2,21,23,24). The van der Waals surface area contributed by atoms with E-state index in [1.807, 2.05) is 27.0 Å². The molecule has 1 aliphatic rings. The quantitative estimate of drug-likeness (QED) is 0.493. The number of hydrogen-bond donors (Lipinski definition) is 3. The third-order valence-corrected chi connectivity index (χ3v) is 4.57. The van der Waals surface area contributed by atoms with Gasteiger partial charge in [-0.15, -0.1) is 0 Å². The molecular formula is C20H35N7O. The summed E-state index contributed by atoms with van der Waals surface area (Å²) in [6, 6.07) is 4.16. The highest BCUT2D eigenvalue weighted by Crippen LogP contribution is 2.14. The number of rotatable bonds is 6. The van der Waals surface area contributed by atoms with Crippen LogP contribution in [0.3, 0.4) is 0 Å². The van der Waals surface area contributed by atoms with Gasteiger partial charge in [-0.25, -0.2) is 4.98 Å². The van der Waals surface area contributed by atoms with Crippen LogP contribution in [0.25, 0.3) is 0 Å². The van der Waals surface area contributed by atoms with Gasteiger partial charge < -0.3 is 25.8 Å². The molecule has 28 heavy (non-hydrogen) atoms. The Balaban J connectivity index is 1.78. The van der Waals surface area contributed by atoms with Crippen LogP contribution in [0.1, 0.15) is 33.3 Å². The number of aromatic nitrogens is 1. The van der Waals surface area contributed by atoms with E-state index in [-0.39, 0.29) is 18.0 Å². The van der Waals surface area contributed by atoms with Crippen LogP contribution in [0.15, 0.2) is 23.3 Å². The molecule has 0 aliphatic carbocycles. The van der Waals surface area contributed by atoms with E-state index in [1.165, 1.54) is 0 Å². The van der Waals surface area contributed by atoms with Crippen molar-refractivity contribution in [3.8, 4) is 0 Å². The van der Waals surface area contributed by atoms with E-state index >= 15 is 0 Å². The summed E-state index contributed by atoms with van der Waals surface area (Å²) < 4.78 is 0. The first-order valence-electron chi connectivity index (χ1n) is 9.98. The highest BCUT2D eigenvalue weighted by atomic mass is 16.2. The average Bonchev–Trinajstić information content (AvgIpc) is 2.67. The number of amides is 1. The summed E-state index contributed by atoms with van der Waals surface area (Å²) in [5.41, 5.74) is 0.824. The molecule has 0 spiro atoms. The number of anilines is 1. The first-order valence-corrected chi connectivity index (χ1v) is 9.98. The maximum absolute atomic E-state index is 11.9. The van der Waals surface area contributed by atoms with E-state index in [0.717, 1.165) is 44.1 Å². The van der Waals surface area contributed by atoms with E-state index in [9.17, 15) is 4.79 Å². The van der Waals surface area contributed by atoms with Gasteiger partial charge in [-0.2, -0.15) is 0 Å². The zero-order valence-corrected chi connectivity index (χ0v) is 17.9. The topological polar surface area (TPSA) is 84.9 Å². The molecule has 1 amide bonds. The first kappa shape index (κ1) is 21.9. The Bertz CT molecular complexity index is 644. The van der Waals surface area contributed by atoms with E-state index in [2.05, 4.69) is 54.8 Å². The van der Waals surface area contributed by atoms with Crippen LogP contribution in [0.2, 0.25) is 0 Å². The minimum Gasteiger partial charge on any atom is -0.354 e. The molecule has 8 heteroatoms. The Labute approximate surface area is 168 Å².